The van der Waals surface area contributed by atoms with E-state index in [4.69, 9.17) is 29.9 Å². The van der Waals surface area contributed by atoms with Crippen LogP contribution in [0.15, 0.2) is 485 Å². The molecule has 20 aromatic carbocycles. The first-order chi connectivity index (χ1) is 71.2. The number of benzene rings is 20. The van der Waals surface area contributed by atoms with Gasteiger partial charge in [-0.1, -0.05) is 358 Å². The van der Waals surface area contributed by atoms with Gasteiger partial charge < -0.3 is 0 Å². The summed E-state index contributed by atoms with van der Waals surface area (Å²) in [6, 6.07) is 174. The zero-order valence-electron chi connectivity index (χ0n) is 77.3. The number of rotatable bonds is 14. The van der Waals surface area contributed by atoms with Gasteiger partial charge in [-0.25, -0.2) is 29.9 Å². The lowest BCUT2D eigenvalue weighted by Gasteiger charge is -2.13. The average molecular weight is 1940 g/mol. The highest BCUT2D eigenvalue weighted by molar-refractivity contribution is 7.28. The van der Waals surface area contributed by atoms with Crippen LogP contribution in [0.1, 0.15) is 0 Å². The van der Waals surface area contributed by atoms with Crippen molar-refractivity contribution in [2.75, 3.05) is 0 Å². The van der Waals surface area contributed by atoms with Crippen LogP contribution >= 0.6 is 68.0 Å². The molecule has 29 aromatic rings. The molecule has 0 unspecified atom stereocenters. The summed E-state index contributed by atoms with van der Waals surface area (Å²) in [5.74, 6) is 2.17. The highest BCUT2D eigenvalue weighted by Crippen LogP contribution is 2.47. The van der Waals surface area contributed by atoms with Crippen LogP contribution < -0.4 is 0 Å². The Bertz CT molecular complexity index is 9620. The van der Waals surface area contributed by atoms with Crippen LogP contribution in [0.3, 0.4) is 0 Å². The minimum Gasteiger partial charge on any atom is -0.228 e. The van der Waals surface area contributed by atoms with E-state index in [9.17, 15) is 0 Å². The third-order valence-corrected chi connectivity index (χ3v) is 34.1. The summed E-state index contributed by atoms with van der Waals surface area (Å²) < 4.78 is 15.3. The van der Waals surface area contributed by atoms with Crippen LogP contribution in [0.4, 0.5) is 0 Å². The fourth-order valence-electron chi connectivity index (χ4n) is 20.1. The van der Waals surface area contributed by atoms with E-state index in [1.54, 1.807) is 0 Å². The molecule has 9 aromatic heterocycles. The summed E-state index contributed by atoms with van der Waals surface area (Å²) in [6.45, 7) is 0. The van der Waals surface area contributed by atoms with Gasteiger partial charge in [0, 0.05) is 171 Å². The average Bonchev–Trinajstić information content (AvgIpc) is 1.65. The van der Waals surface area contributed by atoms with Gasteiger partial charge in [-0.05, 0) is 183 Å². The lowest BCUT2D eigenvalue weighted by atomic mass is 9.95. The van der Waals surface area contributed by atoms with Crippen molar-refractivity contribution in [3.63, 3.8) is 0 Å². The van der Waals surface area contributed by atoms with Crippen molar-refractivity contribution in [1.29, 1.82) is 0 Å². The van der Waals surface area contributed by atoms with Crippen LogP contribution in [-0.4, -0.2) is 29.9 Å². The molecule has 0 bridgehead atoms. The minimum absolute atomic E-state index is 0.709. The van der Waals surface area contributed by atoms with Gasteiger partial charge in [0.25, 0.3) is 0 Å². The van der Waals surface area contributed by atoms with E-state index in [1.165, 1.54) is 149 Å². The van der Waals surface area contributed by atoms with E-state index in [1.807, 2.05) is 68.0 Å². The Balaban J connectivity index is 0.000000108. The van der Waals surface area contributed by atoms with Crippen LogP contribution in [0.25, 0.3) is 278 Å². The molecular weight excluding hydrogens is 1860 g/mol. The van der Waals surface area contributed by atoms with Crippen molar-refractivity contribution in [2.24, 2.45) is 0 Å². The molecule has 0 saturated heterocycles. The molecule has 0 aliphatic carbocycles. The number of nitrogens with zero attached hydrogens (tertiary/aromatic N) is 6. The van der Waals surface area contributed by atoms with Gasteiger partial charge in [-0.15, -0.1) is 68.0 Å². The van der Waals surface area contributed by atoms with E-state index in [0.717, 1.165) is 124 Å². The van der Waals surface area contributed by atoms with E-state index in [2.05, 4.69) is 485 Å². The Morgan fingerprint density at radius 2 is 0.264 bits per heavy atom. The third-order valence-electron chi connectivity index (χ3n) is 27.3. The van der Waals surface area contributed by atoms with Gasteiger partial charge >= 0.3 is 0 Å². The summed E-state index contributed by atoms with van der Waals surface area (Å²) in [7, 11) is 0. The Morgan fingerprint density at radius 3 is 0.528 bits per heavy atom. The van der Waals surface area contributed by atoms with Crippen LogP contribution in [0.2, 0.25) is 0 Å². The zero-order valence-corrected chi connectivity index (χ0v) is 82.2. The topological polar surface area (TPSA) is 77.3 Å². The summed E-state index contributed by atoms with van der Waals surface area (Å²) in [4.78, 5) is 31.5. The number of hydrogen-bond acceptors (Lipinski definition) is 12. The van der Waals surface area contributed by atoms with Crippen LogP contribution in [0.5, 0.6) is 0 Å². The minimum atomic E-state index is 0.709. The summed E-state index contributed by atoms with van der Waals surface area (Å²) >= 11 is 11.0. The Hall–Kier alpha value is -17.0. The second kappa shape index (κ2) is 36.9. The number of thiophene rings is 6. The van der Waals surface area contributed by atoms with Gasteiger partial charge in [0.1, 0.15) is 0 Å². The molecule has 0 spiro atoms. The van der Waals surface area contributed by atoms with E-state index in [0.29, 0.717) is 5.82 Å². The number of aromatic nitrogens is 6. The van der Waals surface area contributed by atoms with E-state index in [-0.39, 0.29) is 0 Å². The molecule has 0 N–H and O–H groups in total. The molecule has 0 amide bonds. The highest BCUT2D eigenvalue weighted by atomic mass is 32.1. The Morgan fingerprint density at radius 1 is 0.0972 bits per heavy atom. The molecule has 674 valence electrons. The van der Waals surface area contributed by atoms with Gasteiger partial charge in [-0.3, -0.25) is 0 Å². The van der Waals surface area contributed by atoms with Crippen molar-refractivity contribution in [3.8, 4) is 157 Å². The molecule has 0 aliphatic heterocycles. The Kier molecular flexibility index (Phi) is 22.0. The molecule has 29 rings (SSSR count). The van der Waals surface area contributed by atoms with Crippen LogP contribution in [0, 0.1) is 0 Å². The van der Waals surface area contributed by atoms with E-state index >= 15 is 0 Å². The van der Waals surface area contributed by atoms with E-state index < -0.39 is 0 Å². The standard InChI is InChI=1S/2C46H28N2S2.C40H24N2S2/c1-3-11-29(12-4-1)33-23-34(30-13-5-2-6-14-30)25-35(24-33)46-47-40(31-19-21-38-36-15-7-9-17-42(36)49-44(38)26-31)28-41(48-46)32-20-22-39-37-16-8-10-18-43(37)50-45(39)27-32;1-2-10-29(11-3-1)30-12-8-13-31(24-30)32-14-9-15-33(25-32)40-28-41(34-20-22-38-36-16-4-6-18-42(36)49-44(38)26-34)48-46(47-40)35-21-23-39-37-17-5-7-19-43(37)50-45(39)27-35;1-2-9-25(10-3-1)26-11-8-12-27(21-26)34-24-35(28-17-19-32-30-13-4-6-15-36(30)43-38(32)22-28)42-40(41-34)29-18-20-33-31-14-5-7-16-37(31)44-39(33)23-29/h2*1-28H;1-24H. The fourth-order valence-corrected chi connectivity index (χ4v) is 27.0. The first-order valence-corrected chi connectivity index (χ1v) is 53.0. The highest BCUT2D eigenvalue weighted by Gasteiger charge is 2.23. The third kappa shape index (κ3) is 16.5. The number of hydrogen-bond donors (Lipinski definition) is 0. The largest absolute Gasteiger partial charge is 0.228 e. The van der Waals surface area contributed by atoms with Gasteiger partial charge in [0.15, 0.2) is 17.5 Å². The molecule has 12 heteroatoms. The van der Waals surface area contributed by atoms with Gasteiger partial charge in [0.05, 0.1) is 34.2 Å². The second-order valence-corrected chi connectivity index (χ2v) is 42.7. The second-order valence-electron chi connectivity index (χ2n) is 36.2. The normalized spacial score (nSPS) is 11.6. The Labute approximate surface area is 854 Å². The van der Waals surface area contributed by atoms with Gasteiger partial charge in [0.2, 0.25) is 0 Å². The summed E-state index contributed by atoms with van der Waals surface area (Å²) in [5, 5.41) is 15.5. The first kappa shape index (κ1) is 86.1. The molecule has 0 saturated carbocycles. The summed E-state index contributed by atoms with van der Waals surface area (Å²) in [5.41, 5.74) is 26.7. The molecule has 6 nitrogen and oxygen atoms in total. The molecule has 9 heterocycles. The fraction of sp³-hybridized carbons (Fsp3) is 0. The van der Waals surface area contributed by atoms with Crippen molar-refractivity contribution >= 4 is 189 Å². The smallest absolute Gasteiger partial charge is 0.160 e. The molecule has 0 aliphatic rings. The maximum Gasteiger partial charge on any atom is 0.160 e. The summed E-state index contributed by atoms with van der Waals surface area (Å²) in [6.07, 6.45) is 0. The molecule has 0 fully saturated rings. The van der Waals surface area contributed by atoms with Crippen molar-refractivity contribution < 1.29 is 0 Å². The predicted octanol–water partition coefficient (Wildman–Crippen LogP) is 39.0. The lowest BCUT2D eigenvalue weighted by molar-refractivity contribution is 1.18. The van der Waals surface area contributed by atoms with Crippen LogP contribution in [-0.2, 0) is 0 Å². The number of fused-ring (bicyclic) bond motifs is 18. The molecule has 0 atom stereocenters. The first-order valence-electron chi connectivity index (χ1n) is 48.1. The van der Waals surface area contributed by atoms with Crippen molar-refractivity contribution in [2.45, 2.75) is 0 Å². The lowest BCUT2D eigenvalue weighted by Crippen LogP contribution is -1.97. The molecule has 0 radical (unpaired) electrons. The van der Waals surface area contributed by atoms with Crippen molar-refractivity contribution in [1.82, 2.24) is 29.9 Å². The molecule has 144 heavy (non-hydrogen) atoms. The molecular formula is C132H80N6S6. The quantitative estimate of drug-likeness (QED) is 0.108. The van der Waals surface area contributed by atoms with Gasteiger partial charge in [-0.2, -0.15) is 0 Å². The maximum absolute atomic E-state index is 5.32. The maximum atomic E-state index is 5.32. The van der Waals surface area contributed by atoms with Crippen molar-refractivity contribution in [3.05, 3.63) is 485 Å². The predicted molar refractivity (Wildman–Crippen MR) is 620 cm³/mol. The zero-order chi connectivity index (χ0) is 95.1. The SMILES string of the molecule is c1ccc(-c2cc(-c3ccccc3)cc(-c3nc(-c4ccc5c(c4)sc4ccccc45)cc(-c4ccc5c(c4)sc4ccccc45)n3)c2)cc1.c1ccc(-c2cccc(-c3cc(-c4ccc5c(c4)sc4ccccc45)nc(-c4ccc5c(c4)sc4ccccc45)n3)c2)cc1.c1ccc(-c2cccc(-c3cccc(-c4cc(-c5ccc6c(c5)sc5ccccc56)nc(-c5ccc6c(c5)sc5ccccc56)n4)c3)c2)cc1. The monoisotopic (exact) mass is 1940 g/mol.